The number of methoxy groups -OCH3 is 1. The maximum Gasteiger partial charge on any atom is 0.328 e. The van der Waals surface area contributed by atoms with Gasteiger partial charge in [-0.25, -0.2) is 9.18 Å². The molecule has 0 spiro atoms. The molecular formula is C18H16BrClFNO3. The summed E-state index contributed by atoms with van der Waals surface area (Å²) in [4.78, 5) is 24.2. The molecule has 2 aromatic carbocycles. The van der Waals surface area contributed by atoms with Crippen LogP contribution in [0.5, 0.6) is 0 Å². The molecular weight excluding hydrogens is 413 g/mol. The lowest BCUT2D eigenvalue weighted by Crippen LogP contribution is -2.43. The van der Waals surface area contributed by atoms with Gasteiger partial charge in [-0.15, -0.1) is 0 Å². The van der Waals surface area contributed by atoms with Crippen LogP contribution in [-0.4, -0.2) is 25.0 Å². The number of nitrogens with one attached hydrogen (secondary N) is 1. The van der Waals surface area contributed by atoms with Crippen LogP contribution >= 0.6 is 27.5 Å². The van der Waals surface area contributed by atoms with Crippen molar-refractivity contribution in [2.45, 2.75) is 18.9 Å². The molecule has 2 rings (SSSR count). The van der Waals surface area contributed by atoms with E-state index < -0.39 is 23.7 Å². The van der Waals surface area contributed by atoms with Crippen molar-refractivity contribution in [1.29, 1.82) is 0 Å². The fourth-order valence-electron chi connectivity index (χ4n) is 2.33. The molecule has 0 fully saturated rings. The van der Waals surface area contributed by atoms with E-state index in [-0.39, 0.29) is 12.8 Å². The standard InChI is InChI=1S/C18H16BrClFNO3/c1-25-18(24)16(10-12-9-13(20)5-6-15(12)19)22-17(23)8-11-3-2-4-14(21)7-11/h2-7,9,16H,8,10H2,1H3,(H,22,23)/t16-/m0/s1. The third kappa shape index (κ3) is 5.83. The molecule has 2 aromatic rings. The predicted molar refractivity (Wildman–Crippen MR) is 96.9 cm³/mol. The van der Waals surface area contributed by atoms with Crippen LogP contribution in [0.15, 0.2) is 46.9 Å². The van der Waals surface area contributed by atoms with E-state index >= 15 is 0 Å². The molecule has 0 heterocycles. The molecule has 0 unspecified atom stereocenters. The van der Waals surface area contributed by atoms with Crippen molar-refractivity contribution >= 4 is 39.4 Å². The Labute approximate surface area is 158 Å². The van der Waals surface area contributed by atoms with Gasteiger partial charge in [0, 0.05) is 15.9 Å². The van der Waals surface area contributed by atoms with Crippen LogP contribution < -0.4 is 5.32 Å². The number of hydrogen-bond acceptors (Lipinski definition) is 3. The highest BCUT2D eigenvalue weighted by atomic mass is 79.9. The fourth-order valence-corrected chi connectivity index (χ4v) is 2.94. The molecule has 7 heteroatoms. The van der Waals surface area contributed by atoms with Crippen molar-refractivity contribution in [2.24, 2.45) is 0 Å². The highest BCUT2D eigenvalue weighted by Gasteiger charge is 2.23. The van der Waals surface area contributed by atoms with Gasteiger partial charge >= 0.3 is 5.97 Å². The lowest BCUT2D eigenvalue weighted by Gasteiger charge is -2.17. The lowest BCUT2D eigenvalue weighted by atomic mass is 10.1. The lowest BCUT2D eigenvalue weighted by molar-refractivity contribution is -0.145. The van der Waals surface area contributed by atoms with Crippen LogP contribution in [0.3, 0.4) is 0 Å². The van der Waals surface area contributed by atoms with Gasteiger partial charge in [0.15, 0.2) is 0 Å². The quantitative estimate of drug-likeness (QED) is 0.714. The van der Waals surface area contributed by atoms with Crippen molar-refractivity contribution in [1.82, 2.24) is 5.32 Å². The van der Waals surface area contributed by atoms with Crippen molar-refractivity contribution in [2.75, 3.05) is 7.11 Å². The number of carbonyl (C=O) groups is 2. The average Bonchev–Trinajstić information content (AvgIpc) is 2.56. The largest absolute Gasteiger partial charge is 0.467 e. The van der Waals surface area contributed by atoms with Crippen LogP contribution in [0.1, 0.15) is 11.1 Å². The van der Waals surface area contributed by atoms with Gasteiger partial charge in [0.05, 0.1) is 13.5 Å². The molecule has 0 aliphatic carbocycles. The Morgan fingerprint density at radius 1 is 1.28 bits per heavy atom. The molecule has 0 aliphatic rings. The smallest absolute Gasteiger partial charge is 0.328 e. The molecule has 1 N–H and O–H groups in total. The SMILES string of the molecule is COC(=O)[C@H](Cc1cc(Cl)ccc1Br)NC(=O)Cc1cccc(F)c1. The van der Waals surface area contributed by atoms with Crippen LogP contribution in [0, 0.1) is 5.82 Å². The summed E-state index contributed by atoms with van der Waals surface area (Å²) in [5.74, 6) is -1.39. The average molecular weight is 429 g/mol. The molecule has 0 saturated heterocycles. The van der Waals surface area contributed by atoms with Gasteiger partial charge < -0.3 is 10.1 Å². The minimum Gasteiger partial charge on any atom is -0.467 e. The number of halogens is 3. The number of esters is 1. The summed E-state index contributed by atoms with van der Waals surface area (Å²) in [7, 11) is 1.25. The summed E-state index contributed by atoms with van der Waals surface area (Å²) in [5, 5.41) is 3.15. The Bertz CT molecular complexity index is 785. The molecule has 0 aliphatic heterocycles. The van der Waals surface area contributed by atoms with E-state index in [1.807, 2.05) is 0 Å². The number of hydrogen-bond donors (Lipinski definition) is 1. The van der Waals surface area contributed by atoms with Gasteiger partial charge in [0.2, 0.25) is 5.91 Å². The topological polar surface area (TPSA) is 55.4 Å². The van der Waals surface area contributed by atoms with E-state index in [9.17, 15) is 14.0 Å². The summed E-state index contributed by atoms with van der Waals surface area (Å²) in [6.07, 6.45) is 0.171. The molecule has 25 heavy (non-hydrogen) atoms. The van der Waals surface area contributed by atoms with Gasteiger partial charge in [-0.1, -0.05) is 39.7 Å². The molecule has 0 aromatic heterocycles. The zero-order valence-corrected chi connectivity index (χ0v) is 15.7. The van der Waals surface area contributed by atoms with Gasteiger partial charge in [-0.05, 0) is 41.5 Å². The van der Waals surface area contributed by atoms with E-state index in [0.717, 1.165) is 10.0 Å². The molecule has 4 nitrogen and oxygen atoms in total. The minimum atomic E-state index is -0.874. The fraction of sp³-hybridized carbons (Fsp3) is 0.222. The Morgan fingerprint density at radius 2 is 2.04 bits per heavy atom. The molecule has 0 saturated carbocycles. The van der Waals surface area contributed by atoms with E-state index in [2.05, 4.69) is 21.2 Å². The molecule has 1 amide bonds. The molecule has 1 atom stereocenters. The first-order chi connectivity index (χ1) is 11.9. The third-order valence-electron chi connectivity index (χ3n) is 3.51. The Kier molecular flexibility index (Phi) is 6.96. The van der Waals surface area contributed by atoms with Crippen molar-refractivity contribution in [3.05, 3.63) is 68.9 Å². The Morgan fingerprint density at radius 3 is 2.72 bits per heavy atom. The van der Waals surface area contributed by atoms with Gasteiger partial charge in [-0.2, -0.15) is 0 Å². The monoisotopic (exact) mass is 427 g/mol. The predicted octanol–water partition coefficient (Wildman–Crippen LogP) is 3.68. The maximum atomic E-state index is 13.2. The van der Waals surface area contributed by atoms with Gasteiger partial charge in [0.25, 0.3) is 0 Å². The van der Waals surface area contributed by atoms with Gasteiger partial charge in [0.1, 0.15) is 11.9 Å². The van der Waals surface area contributed by atoms with Crippen molar-refractivity contribution < 1.29 is 18.7 Å². The van der Waals surface area contributed by atoms with Crippen LogP contribution in [0.4, 0.5) is 4.39 Å². The third-order valence-corrected chi connectivity index (χ3v) is 4.52. The molecule has 132 valence electrons. The first-order valence-electron chi connectivity index (χ1n) is 7.44. The van der Waals surface area contributed by atoms with E-state index in [4.69, 9.17) is 16.3 Å². The van der Waals surface area contributed by atoms with Crippen LogP contribution in [-0.2, 0) is 27.2 Å². The van der Waals surface area contributed by atoms with E-state index in [0.29, 0.717) is 10.6 Å². The summed E-state index contributed by atoms with van der Waals surface area (Å²) < 4.78 is 18.7. The normalized spacial score (nSPS) is 11.7. The van der Waals surface area contributed by atoms with Crippen LogP contribution in [0.2, 0.25) is 5.02 Å². The van der Waals surface area contributed by atoms with E-state index in [1.54, 1.807) is 24.3 Å². The summed E-state index contributed by atoms with van der Waals surface area (Å²) >= 11 is 9.37. The number of ether oxygens (including phenoxy) is 1. The highest BCUT2D eigenvalue weighted by Crippen LogP contribution is 2.22. The molecule has 0 bridgehead atoms. The highest BCUT2D eigenvalue weighted by molar-refractivity contribution is 9.10. The first-order valence-corrected chi connectivity index (χ1v) is 8.61. The van der Waals surface area contributed by atoms with Crippen LogP contribution in [0.25, 0.3) is 0 Å². The second-order valence-corrected chi connectivity index (χ2v) is 6.68. The summed E-state index contributed by atoms with van der Waals surface area (Å²) in [6.45, 7) is 0. The maximum absolute atomic E-state index is 13.2. The van der Waals surface area contributed by atoms with Crippen molar-refractivity contribution in [3.8, 4) is 0 Å². The zero-order valence-electron chi connectivity index (χ0n) is 13.4. The summed E-state index contributed by atoms with van der Waals surface area (Å²) in [6, 6.07) is 10.1. The van der Waals surface area contributed by atoms with Crippen molar-refractivity contribution in [3.63, 3.8) is 0 Å². The number of carbonyl (C=O) groups excluding carboxylic acids is 2. The second kappa shape index (κ2) is 8.97. The minimum absolute atomic E-state index is 0.0397. The number of amides is 1. The number of rotatable bonds is 6. The molecule has 0 radical (unpaired) electrons. The zero-order chi connectivity index (χ0) is 18.4. The Balaban J connectivity index is 2.10. The number of benzene rings is 2. The van der Waals surface area contributed by atoms with Gasteiger partial charge in [-0.3, -0.25) is 4.79 Å². The summed E-state index contributed by atoms with van der Waals surface area (Å²) in [5.41, 5.74) is 1.28. The second-order valence-electron chi connectivity index (χ2n) is 5.39. The van der Waals surface area contributed by atoms with E-state index in [1.165, 1.54) is 25.3 Å². The Hall–Kier alpha value is -1.92. The first kappa shape index (κ1) is 19.4.